The third kappa shape index (κ3) is 4.17. The fourth-order valence-electron chi connectivity index (χ4n) is 2.85. The van der Waals surface area contributed by atoms with Gasteiger partial charge in [0.05, 0.1) is 5.69 Å². The second-order valence-corrected chi connectivity index (χ2v) is 7.14. The molecule has 0 bridgehead atoms. The summed E-state index contributed by atoms with van der Waals surface area (Å²) in [6.07, 6.45) is -4.54. The lowest BCUT2D eigenvalue weighted by atomic mass is 10.1. The van der Waals surface area contributed by atoms with E-state index in [1.165, 1.54) is 5.01 Å². The largest absolute Gasteiger partial charge is 0.411 e. The van der Waals surface area contributed by atoms with Crippen molar-refractivity contribution in [2.24, 2.45) is 4.99 Å². The fourth-order valence-corrected chi connectivity index (χ4v) is 2.85. The Kier molecular flexibility index (Phi) is 5.65. The van der Waals surface area contributed by atoms with Crippen LogP contribution in [0.3, 0.4) is 0 Å². The average molecular weight is 369 g/mol. The van der Waals surface area contributed by atoms with E-state index in [0.717, 1.165) is 18.8 Å². The van der Waals surface area contributed by atoms with Crippen molar-refractivity contribution in [3.63, 3.8) is 0 Å². The predicted octanol–water partition coefficient (Wildman–Crippen LogP) is 4.13. The SMILES string of the molecule is CCN(CC)c1ccc(N=C2C(=N)N(C(C)(C)C)NC2C(F)(F)F)cc1. The van der Waals surface area contributed by atoms with E-state index < -0.39 is 17.8 Å². The molecule has 1 fully saturated rings. The molecule has 1 aromatic rings. The number of hydrogen-bond acceptors (Lipinski definition) is 4. The zero-order valence-electron chi connectivity index (χ0n) is 15.8. The molecule has 26 heavy (non-hydrogen) atoms. The summed E-state index contributed by atoms with van der Waals surface area (Å²) in [6, 6.07) is 5.05. The molecule has 2 N–H and O–H groups in total. The van der Waals surface area contributed by atoms with Gasteiger partial charge in [-0.1, -0.05) is 0 Å². The maximum atomic E-state index is 13.4. The van der Waals surface area contributed by atoms with E-state index in [-0.39, 0.29) is 11.5 Å². The topological polar surface area (TPSA) is 54.7 Å². The highest BCUT2D eigenvalue weighted by molar-refractivity contribution is 6.44. The Morgan fingerprint density at radius 3 is 2.08 bits per heavy atom. The molecule has 2 rings (SSSR count). The van der Waals surface area contributed by atoms with Gasteiger partial charge in [-0.2, -0.15) is 13.2 Å². The zero-order chi connectivity index (χ0) is 19.7. The number of nitrogens with zero attached hydrogens (tertiary/aromatic N) is 3. The van der Waals surface area contributed by atoms with E-state index in [1.54, 1.807) is 32.9 Å². The Balaban J connectivity index is 2.38. The van der Waals surface area contributed by atoms with E-state index in [9.17, 15) is 13.2 Å². The maximum absolute atomic E-state index is 13.4. The molecular formula is C18H26F3N5. The fraction of sp³-hybridized carbons (Fsp3) is 0.556. The molecule has 1 aliphatic rings. The van der Waals surface area contributed by atoms with Crippen molar-refractivity contribution in [2.75, 3.05) is 18.0 Å². The van der Waals surface area contributed by atoms with Crippen LogP contribution in [-0.2, 0) is 0 Å². The van der Waals surface area contributed by atoms with Crippen LogP contribution in [0.5, 0.6) is 0 Å². The van der Waals surface area contributed by atoms with Crippen molar-refractivity contribution < 1.29 is 13.2 Å². The first-order valence-electron chi connectivity index (χ1n) is 8.64. The highest BCUT2D eigenvalue weighted by Gasteiger charge is 2.52. The summed E-state index contributed by atoms with van der Waals surface area (Å²) in [5.41, 5.74) is 2.77. The molecule has 1 aliphatic heterocycles. The number of benzene rings is 1. The van der Waals surface area contributed by atoms with Crippen molar-refractivity contribution in [1.82, 2.24) is 10.4 Å². The molecule has 5 nitrogen and oxygen atoms in total. The molecule has 8 heteroatoms. The van der Waals surface area contributed by atoms with Crippen LogP contribution in [-0.4, -0.2) is 47.4 Å². The van der Waals surface area contributed by atoms with Crippen molar-refractivity contribution in [1.29, 1.82) is 5.41 Å². The molecule has 1 atom stereocenters. The van der Waals surface area contributed by atoms with E-state index in [4.69, 9.17) is 5.41 Å². The molecule has 0 saturated carbocycles. The Bertz CT molecular complexity index is 670. The minimum absolute atomic E-state index is 0.257. The summed E-state index contributed by atoms with van der Waals surface area (Å²) < 4.78 is 40.3. The minimum atomic E-state index is -4.54. The first-order chi connectivity index (χ1) is 12.0. The van der Waals surface area contributed by atoms with Gasteiger partial charge in [0.15, 0.2) is 11.9 Å². The van der Waals surface area contributed by atoms with Gasteiger partial charge in [-0.05, 0) is 58.9 Å². The summed E-state index contributed by atoms with van der Waals surface area (Å²) in [7, 11) is 0. The number of aliphatic imine (C=N–C) groups is 1. The maximum Gasteiger partial charge on any atom is 0.411 e. The van der Waals surface area contributed by atoms with Gasteiger partial charge in [-0.15, -0.1) is 0 Å². The monoisotopic (exact) mass is 369 g/mol. The third-order valence-corrected chi connectivity index (χ3v) is 4.22. The number of hydrazine groups is 1. The molecule has 0 radical (unpaired) electrons. The number of alkyl halides is 3. The second kappa shape index (κ2) is 7.26. The molecule has 0 aromatic heterocycles. The standard InChI is InChI=1S/C18H26F3N5/c1-6-25(7-2)13-10-8-12(9-11-13)23-14-15(18(19,20)21)24-26(16(14)22)17(3,4)5/h8-11,15,22,24H,6-7H2,1-5H3. The average Bonchev–Trinajstić information content (AvgIpc) is 2.87. The number of anilines is 1. The molecule has 1 saturated heterocycles. The van der Waals surface area contributed by atoms with Gasteiger partial charge in [0.2, 0.25) is 0 Å². The van der Waals surface area contributed by atoms with Gasteiger partial charge in [0.1, 0.15) is 5.71 Å². The van der Waals surface area contributed by atoms with Crippen LogP contribution in [0.2, 0.25) is 0 Å². The van der Waals surface area contributed by atoms with Crippen LogP contribution < -0.4 is 10.3 Å². The highest BCUT2D eigenvalue weighted by Crippen LogP contribution is 2.30. The van der Waals surface area contributed by atoms with E-state index >= 15 is 0 Å². The van der Waals surface area contributed by atoms with Gasteiger partial charge in [-0.25, -0.2) is 10.4 Å². The van der Waals surface area contributed by atoms with Gasteiger partial charge in [-0.3, -0.25) is 10.4 Å². The van der Waals surface area contributed by atoms with Crippen LogP contribution in [0.1, 0.15) is 34.6 Å². The zero-order valence-corrected chi connectivity index (χ0v) is 15.8. The lowest BCUT2D eigenvalue weighted by molar-refractivity contribution is -0.146. The Morgan fingerprint density at radius 2 is 1.65 bits per heavy atom. The van der Waals surface area contributed by atoms with Gasteiger partial charge in [0, 0.05) is 24.3 Å². The Hall–Kier alpha value is -2.09. The highest BCUT2D eigenvalue weighted by atomic mass is 19.4. The van der Waals surface area contributed by atoms with Gasteiger partial charge in [0.25, 0.3) is 0 Å². The van der Waals surface area contributed by atoms with Crippen LogP contribution in [0, 0.1) is 5.41 Å². The quantitative estimate of drug-likeness (QED) is 0.839. The molecule has 0 aliphatic carbocycles. The molecular weight excluding hydrogens is 343 g/mol. The Morgan fingerprint density at radius 1 is 1.12 bits per heavy atom. The minimum Gasteiger partial charge on any atom is -0.372 e. The number of amidine groups is 1. The van der Waals surface area contributed by atoms with E-state index in [1.807, 2.05) is 26.0 Å². The Labute approximate surface area is 152 Å². The first-order valence-corrected chi connectivity index (χ1v) is 8.64. The summed E-state index contributed by atoms with van der Waals surface area (Å²) in [6.45, 7) is 11.0. The molecule has 0 spiro atoms. The summed E-state index contributed by atoms with van der Waals surface area (Å²) in [4.78, 5) is 6.29. The van der Waals surface area contributed by atoms with Crippen molar-refractivity contribution in [3.05, 3.63) is 24.3 Å². The normalized spacial score (nSPS) is 20.2. The predicted molar refractivity (Wildman–Crippen MR) is 99.4 cm³/mol. The smallest absolute Gasteiger partial charge is 0.372 e. The number of rotatable bonds is 4. The van der Waals surface area contributed by atoms with Crippen LogP contribution >= 0.6 is 0 Å². The van der Waals surface area contributed by atoms with Crippen molar-refractivity contribution in [3.8, 4) is 0 Å². The first kappa shape index (κ1) is 20.2. The summed E-state index contributed by atoms with van der Waals surface area (Å²) in [5.74, 6) is -0.257. The molecule has 1 unspecified atom stereocenters. The number of hydrogen-bond donors (Lipinski definition) is 2. The molecule has 144 valence electrons. The van der Waals surface area contributed by atoms with Crippen LogP contribution in [0.15, 0.2) is 29.3 Å². The summed E-state index contributed by atoms with van der Waals surface area (Å²) in [5, 5.41) is 9.39. The third-order valence-electron chi connectivity index (χ3n) is 4.22. The lowest BCUT2D eigenvalue weighted by Gasteiger charge is -2.33. The molecule has 1 heterocycles. The van der Waals surface area contributed by atoms with E-state index in [0.29, 0.717) is 5.69 Å². The van der Waals surface area contributed by atoms with Crippen molar-refractivity contribution >= 4 is 22.9 Å². The van der Waals surface area contributed by atoms with Gasteiger partial charge >= 0.3 is 6.18 Å². The summed E-state index contributed by atoms with van der Waals surface area (Å²) >= 11 is 0. The van der Waals surface area contributed by atoms with Crippen molar-refractivity contribution in [2.45, 2.75) is 52.4 Å². The van der Waals surface area contributed by atoms with E-state index in [2.05, 4.69) is 15.3 Å². The van der Waals surface area contributed by atoms with Gasteiger partial charge < -0.3 is 4.90 Å². The van der Waals surface area contributed by atoms with Crippen LogP contribution in [0.25, 0.3) is 0 Å². The number of halogens is 3. The number of nitrogens with one attached hydrogen (secondary N) is 2. The molecule has 1 aromatic carbocycles. The molecule has 0 amide bonds. The second-order valence-electron chi connectivity index (χ2n) is 7.14. The lowest BCUT2D eigenvalue weighted by Crippen LogP contribution is -2.52. The van der Waals surface area contributed by atoms with Crippen LogP contribution in [0.4, 0.5) is 24.5 Å².